The van der Waals surface area contributed by atoms with E-state index in [9.17, 15) is 5.11 Å². The van der Waals surface area contributed by atoms with Crippen LogP contribution in [0.1, 0.15) is 57.1 Å². The Morgan fingerprint density at radius 1 is 1.28 bits per heavy atom. The van der Waals surface area contributed by atoms with E-state index in [0.717, 1.165) is 11.5 Å². The molecule has 1 fully saturated rings. The van der Waals surface area contributed by atoms with Crippen molar-refractivity contribution in [3.8, 4) is 5.75 Å². The van der Waals surface area contributed by atoms with Crippen molar-refractivity contribution in [1.29, 1.82) is 0 Å². The van der Waals surface area contributed by atoms with E-state index in [4.69, 9.17) is 11.6 Å². The molecule has 0 heterocycles. The molecule has 0 radical (unpaired) electrons. The Balaban J connectivity index is 2.31. The normalized spacial score (nSPS) is 27.2. The summed E-state index contributed by atoms with van der Waals surface area (Å²) in [6.07, 6.45) is 3.73. The van der Waals surface area contributed by atoms with Crippen LogP contribution in [-0.4, -0.2) is 5.11 Å². The van der Waals surface area contributed by atoms with Crippen LogP contribution in [0.5, 0.6) is 5.75 Å². The third-order valence-electron chi connectivity index (χ3n) is 4.13. The molecule has 1 aromatic rings. The molecule has 18 heavy (non-hydrogen) atoms. The number of hydrogen-bond donors (Lipinski definition) is 1. The third-order valence-corrected chi connectivity index (χ3v) is 4.42. The SMILES string of the molecule is Cc1cc(C2CC(C)CC(C)(C)C2)cc(Cl)c1O. The standard InChI is InChI=1S/C16H23ClO/c1-10-5-13(9-16(3,4)8-10)12-6-11(2)15(18)14(17)7-12/h6-7,10,13,18H,5,8-9H2,1-4H3. The summed E-state index contributed by atoms with van der Waals surface area (Å²) in [7, 11) is 0. The van der Waals surface area contributed by atoms with Crippen molar-refractivity contribution in [2.75, 3.05) is 0 Å². The van der Waals surface area contributed by atoms with Crippen LogP contribution in [0.4, 0.5) is 0 Å². The number of phenolic OH excluding ortho intramolecular Hbond substituents is 1. The zero-order valence-electron chi connectivity index (χ0n) is 11.8. The Morgan fingerprint density at radius 3 is 2.50 bits per heavy atom. The molecule has 0 bridgehead atoms. The molecule has 1 aliphatic carbocycles. The van der Waals surface area contributed by atoms with Gasteiger partial charge in [0.1, 0.15) is 5.75 Å². The number of hydrogen-bond acceptors (Lipinski definition) is 1. The highest BCUT2D eigenvalue weighted by Crippen LogP contribution is 2.47. The van der Waals surface area contributed by atoms with Crippen molar-refractivity contribution in [1.82, 2.24) is 0 Å². The lowest BCUT2D eigenvalue weighted by Crippen LogP contribution is -2.26. The molecule has 1 saturated carbocycles. The van der Waals surface area contributed by atoms with Gasteiger partial charge in [0.2, 0.25) is 0 Å². The van der Waals surface area contributed by atoms with Gasteiger partial charge in [0.15, 0.2) is 0 Å². The topological polar surface area (TPSA) is 20.2 Å². The molecule has 0 aliphatic heterocycles. The van der Waals surface area contributed by atoms with E-state index in [1.54, 1.807) is 0 Å². The first-order valence-electron chi connectivity index (χ1n) is 6.77. The van der Waals surface area contributed by atoms with Gasteiger partial charge in [-0.3, -0.25) is 0 Å². The second-order valence-electron chi connectivity index (χ2n) is 6.78. The monoisotopic (exact) mass is 266 g/mol. The van der Waals surface area contributed by atoms with Crippen LogP contribution in [-0.2, 0) is 0 Å². The van der Waals surface area contributed by atoms with E-state index in [1.807, 2.05) is 13.0 Å². The van der Waals surface area contributed by atoms with Crippen LogP contribution >= 0.6 is 11.6 Å². The average molecular weight is 267 g/mol. The number of aryl methyl sites for hydroxylation is 1. The van der Waals surface area contributed by atoms with Crippen molar-refractivity contribution >= 4 is 11.6 Å². The minimum Gasteiger partial charge on any atom is -0.506 e. The summed E-state index contributed by atoms with van der Waals surface area (Å²) >= 11 is 6.10. The Kier molecular flexibility index (Phi) is 3.64. The molecule has 2 unspecified atom stereocenters. The minimum atomic E-state index is 0.225. The van der Waals surface area contributed by atoms with Crippen molar-refractivity contribution in [3.63, 3.8) is 0 Å². The molecule has 1 nitrogen and oxygen atoms in total. The predicted molar refractivity (Wildman–Crippen MR) is 77.4 cm³/mol. The zero-order valence-corrected chi connectivity index (χ0v) is 12.5. The van der Waals surface area contributed by atoms with Gasteiger partial charge in [0.05, 0.1) is 5.02 Å². The third kappa shape index (κ3) is 2.83. The highest BCUT2D eigenvalue weighted by atomic mass is 35.5. The molecule has 100 valence electrons. The van der Waals surface area contributed by atoms with Crippen LogP contribution in [0.15, 0.2) is 12.1 Å². The van der Waals surface area contributed by atoms with Crippen LogP contribution in [0, 0.1) is 18.3 Å². The van der Waals surface area contributed by atoms with Gasteiger partial charge in [-0.05, 0) is 60.6 Å². The van der Waals surface area contributed by atoms with Crippen molar-refractivity contribution < 1.29 is 5.11 Å². The lowest BCUT2D eigenvalue weighted by Gasteiger charge is -2.39. The molecule has 0 aromatic heterocycles. The van der Waals surface area contributed by atoms with Crippen molar-refractivity contribution in [3.05, 3.63) is 28.3 Å². The highest BCUT2D eigenvalue weighted by molar-refractivity contribution is 6.32. The lowest BCUT2D eigenvalue weighted by molar-refractivity contribution is 0.168. The maximum absolute atomic E-state index is 9.75. The summed E-state index contributed by atoms with van der Waals surface area (Å²) in [5, 5.41) is 10.2. The van der Waals surface area contributed by atoms with Gasteiger partial charge in [-0.15, -0.1) is 0 Å². The maximum Gasteiger partial charge on any atom is 0.137 e. The molecule has 1 N–H and O–H groups in total. The molecule has 1 aliphatic rings. The summed E-state index contributed by atoms with van der Waals surface area (Å²) in [6, 6.07) is 4.04. The van der Waals surface area contributed by atoms with Crippen molar-refractivity contribution in [2.45, 2.75) is 52.9 Å². The van der Waals surface area contributed by atoms with Gasteiger partial charge < -0.3 is 5.11 Å². The Bertz CT molecular complexity index is 427. The fourth-order valence-corrected chi connectivity index (χ4v) is 3.87. The zero-order chi connectivity index (χ0) is 13.5. The Morgan fingerprint density at radius 2 is 1.94 bits per heavy atom. The van der Waals surface area contributed by atoms with E-state index in [-0.39, 0.29) is 5.75 Å². The van der Waals surface area contributed by atoms with Gasteiger partial charge in [0, 0.05) is 0 Å². The lowest BCUT2D eigenvalue weighted by atomic mass is 9.66. The molecule has 0 spiro atoms. The summed E-state index contributed by atoms with van der Waals surface area (Å²) < 4.78 is 0. The van der Waals surface area contributed by atoms with Gasteiger partial charge in [0.25, 0.3) is 0 Å². The number of benzene rings is 1. The summed E-state index contributed by atoms with van der Waals surface area (Å²) in [6.45, 7) is 8.96. The fraction of sp³-hybridized carbons (Fsp3) is 0.625. The first-order chi connectivity index (χ1) is 8.28. The first kappa shape index (κ1) is 13.7. The molecular formula is C16H23ClO. The van der Waals surface area contributed by atoms with Gasteiger partial charge in [-0.2, -0.15) is 0 Å². The number of halogens is 1. The number of rotatable bonds is 1. The predicted octanol–water partition coefficient (Wildman–Crippen LogP) is 5.28. The van der Waals surface area contributed by atoms with Crippen LogP contribution < -0.4 is 0 Å². The van der Waals surface area contributed by atoms with E-state index in [0.29, 0.717) is 16.4 Å². The number of aromatic hydroxyl groups is 1. The second kappa shape index (κ2) is 4.77. The van der Waals surface area contributed by atoms with Crippen LogP contribution in [0.2, 0.25) is 5.02 Å². The van der Waals surface area contributed by atoms with E-state index in [1.165, 1.54) is 24.8 Å². The number of phenols is 1. The van der Waals surface area contributed by atoms with Gasteiger partial charge >= 0.3 is 0 Å². The quantitative estimate of drug-likeness (QED) is 0.733. The molecule has 2 atom stereocenters. The van der Waals surface area contributed by atoms with Crippen molar-refractivity contribution in [2.24, 2.45) is 11.3 Å². The Labute approximate surface area is 115 Å². The molecule has 2 rings (SSSR count). The van der Waals surface area contributed by atoms with E-state index in [2.05, 4.69) is 26.8 Å². The highest BCUT2D eigenvalue weighted by Gasteiger charge is 2.33. The largest absolute Gasteiger partial charge is 0.506 e. The molecule has 2 heteroatoms. The molecule has 1 aromatic carbocycles. The van der Waals surface area contributed by atoms with E-state index >= 15 is 0 Å². The summed E-state index contributed by atoms with van der Waals surface area (Å²) in [5.74, 6) is 1.55. The van der Waals surface area contributed by atoms with Gasteiger partial charge in [-0.1, -0.05) is 38.4 Å². The second-order valence-corrected chi connectivity index (χ2v) is 7.19. The average Bonchev–Trinajstić information content (AvgIpc) is 2.22. The maximum atomic E-state index is 9.75. The molecular weight excluding hydrogens is 244 g/mol. The van der Waals surface area contributed by atoms with Gasteiger partial charge in [-0.25, -0.2) is 0 Å². The van der Waals surface area contributed by atoms with Crippen LogP contribution in [0.25, 0.3) is 0 Å². The summed E-state index contributed by atoms with van der Waals surface area (Å²) in [5.41, 5.74) is 2.57. The summed E-state index contributed by atoms with van der Waals surface area (Å²) in [4.78, 5) is 0. The van der Waals surface area contributed by atoms with Crippen LogP contribution in [0.3, 0.4) is 0 Å². The smallest absolute Gasteiger partial charge is 0.137 e. The first-order valence-corrected chi connectivity index (χ1v) is 7.15. The minimum absolute atomic E-state index is 0.225. The fourth-order valence-electron chi connectivity index (χ4n) is 3.60. The molecule has 0 amide bonds. The molecule has 0 saturated heterocycles. The Hall–Kier alpha value is -0.690. The van der Waals surface area contributed by atoms with E-state index < -0.39 is 0 Å².